The zero-order valence-corrected chi connectivity index (χ0v) is 13.0. The molecular formula is C16H23NO5. The van der Waals surface area contributed by atoms with E-state index in [0.29, 0.717) is 19.4 Å². The van der Waals surface area contributed by atoms with Crippen molar-refractivity contribution in [2.24, 2.45) is 0 Å². The van der Waals surface area contributed by atoms with Crippen LogP contribution in [0.15, 0.2) is 24.3 Å². The first-order valence-corrected chi connectivity index (χ1v) is 7.24. The minimum absolute atomic E-state index is 0.0234. The van der Waals surface area contributed by atoms with E-state index in [-0.39, 0.29) is 12.5 Å². The molecule has 1 atom stereocenters. The standard InChI is InChI=1S/C16H23NO5/c1-12-6-5-7-13(10-12)22-9-4-3-8-15(18)17-11-14(21-2)16(19)20/h5-7,10,14H,3-4,8-9,11H2,1-2H3,(H,17,18)(H,19,20). The topological polar surface area (TPSA) is 84.9 Å². The van der Waals surface area contributed by atoms with Crippen molar-refractivity contribution < 1.29 is 24.2 Å². The molecule has 0 bridgehead atoms. The number of aryl methyl sites for hydroxylation is 1. The lowest BCUT2D eigenvalue weighted by atomic mass is 10.2. The number of carbonyl (C=O) groups excluding carboxylic acids is 1. The van der Waals surface area contributed by atoms with Gasteiger partial charge in [0.25, 0.3) is 0 Å². The summed E-state index contributed by atoms with van der Waals surface area (Å²) in [4.78, 5) is 22.3. The Morgan fingerprint density at radius 1 is 1.32 bits per heavy atom. The molecule has 0 saturated heterocycles. The molecule has 1 rings (SSSR count). The summed E-state index contributed by atoms with van der Waals surface area (Å²) in [5.41, 5.74) is 1.14. The predicted molar refractivity (Wildman–Crippen MR) is 82.0 cm³/mol. The minimum atomic E-state index is -1.09. The fourth-order valence-electron chi connectivity index (χ4n) is 1.85. The fourth-order valence-corrected chi connectivity index (χ4v) is 1.85. The molecule has 0 saturated carbocycles. The van der Waals surface area contributed by atoms with Crippen LogP contribution in [0.3, 0.4) is 0 Å². The number of carbonyl (C=O) groups is 2. The molecule has 6 nitrogen and oxygen atoms in total. The molecule has 0 aromatic heterocycles. The molecule has 6 heteroatoms. The van der Waals surface area contributed by atoms with E-state index >= 15 is 0 Å². The summed E-state index contributed by atoms with van der Waals surface area (Å²) in [6.07, 6.45) is 0.775. The Morgan fingerprint density at radius 3 is 2.73 bits per heavy atom. The number of carboxylic acid groups (broad SMARTS) is 1. The number of unbranched alkanes of at least 4 members (excludes halogenated alkanes) is 1. The molecule has 1 aromatic rings. The van der Waals surface area contributed by atoms with Gasteiger partial charge in [0.1, 0.15) is 5.75 Å². The fraction of sp³-hybridized carbons (Fsp3) is 0.500. The van der Waals surface area contributed by atoms with E-state index in [2.05, 4.69) is 5.32 Å². The van der Waals surface area contributed by atoms with Gasteiger partial charge in [-0.1, -0.05) is 12.1 Å². The number of nitrogens with one attached hydrogen (secondary N) is 1. The van der Waals surface area contributed by atoms with Crippen molar-refractivity contribution in [3.05, 3.63) is 29.8 Å². The van der Waals surface area contributed by atoms with Gasteiger partial charge in [0, 0.05) is 13.5 Å². The first-order valence-electron chi connectivity index (χ1n) is 7.24. The van der Waals surface area contributed by atoms with Crippen molar-refractivity contribution in [1.82, 2.24) is 5.32 Å². The van der Waals surface area contributed by atoms with E-state index in [1.807, 2.05) is 31.2 Å². The van der Waals surface area contributed by atoms with Gasteiger partial charge in [-0.05, 0) is 37.5 Å². The van der Waals surface area contributed by atoms with Crippen LogP contribution in [0.25, 0.3) is 0 Å². The highest BCUT2D eigenvalue weighted by Gasteiger charge is 2.16. The molecule has 0 aliphatic heterocycles. The minimum Gasteiger partial charge on any atom is -0.494 e. The number of hydrogen-bond acceptors (Lipinski definition) is 4. The van der Waals surface area contributed by atoms with Crippen LogP contribution >= 0.6 is 0 Å². The van der Waals surface area contributed by atoms with E-state index in [9.17, 15) is 9.59 Å². The third-order valence-corrected chi connectivity index (χ3v) is 3.10. The second kappa shape index (κ2) is 9.78. The van der Waals surface area contributed by atoms with E-state index in [4.69, 9.17) is 14.6 Å². The van der Waals surface area contributed by atoms with Gasteiger partial charge >= 0.3 is 5.97 Å². The molecule has 0 spiro atoms. The van der Waals surface area contributed by atoms with E-state index in [0.717, 1.165) is 17.7 Å². The summed E-state index contributed by atoms with van der Waals surface area (Å²) in [6.45, 7) is 2.53. The quantitative estimate of drug-likeness (QED) is 0.643. The third-order valence-electron chi connectivity index (χ3n) is 3.10. The lowest BCUT2D eigenvalue weighted by Gasteiger charge is -2.11. The number of amides is 1. The van der Waals surface area contributed by atoms with Crippen LogP contribution in [0.1, 0.15) is 24.8 Å². The average molecular weight is 309 g/mol. The molecule has 0 aliphatic rings. The maximum Gasteiger partial charge on any atom is 0.334 e. The van der Waals surface area contributed by atoms with Gasteiger partial charge in [-0.3, -0.25) is 4.79 Å². The maximum absolute atomic E-state index is 11.6. The maximum atomic E-state index is 11.6. The number of methoxy groups -OCH3 is 1. The SMILES string of the molecule is COC(CNC(=O)CCCCOc1cccc(C)c1)C(=O)O. The van der Waals surface area contributed by atoms with Crippen LogP contribution in [0.4, 0.5) is 0 Å². The number of benzene rings is 1. The summed E-state index contributed by atoms with van der Waals surface area (Å²) in [7, 11) is 1.30. The summed E-state index contributed by atoms with van der Waals surface area (Å²) < 4.78 is 10.3. The van der Waals surface area contributed by atoms with Gasteiger partial charge in [0.15, 0.2) is 6.10 Å². The predicted octanol–water partition coefficient (Wildman–Crippen LogP) is 1.76. The highest BCUT2D eigenvalue weighted by atomic mass is 16.5. The van der Waals surface area contributed by atoms with Gasteiger partial charge < -0.3 is 19.9 Å². The van der Waals surface area contributed by atoms with Crippen LogP contribution < -0.4 is 10.1 Å². The zero-order valence-electron chi connectivity index (χ0n) is 13.0. The number of carboxylic acids is 1. The summed E-state index contributed by atoms with van der Waals surface area (Å²) in [6, 6.07) is 7.80. The number of ether oxygens (including phenoxy) is 2. The van der Waals surface area contributed by atoms with Crippen molar-refractivity contribution in [2.75, 3.05) is 20.3 Å². The Balaban J connectivity index is 2.11. The Hall–Kier alpha value is -2.08. The van der Waals surface area contributed by atoms with Gasteiger partial charge in [0.05, 0.1) is 13.2 Å². The normalized spacial score (nSPS) is 11.7. The monoisotopic (exact) mass is 309 g/mol. The highest BCUT2D eigenvalue weighted by molar-refractivity contribution is 5.78. The summed E-state index contributed by atoms with van der Waals surface area (Å²) >= 11 is 0. The number of rotatable bonds is 10. The Morgan fingerprint density at radius 2 is 2.09 bits per heavy atom. The number of aliphatic carboxylic acids is 1. The van der Waals surface area contributed by atoms with Crippen molar-refractivity contribution in [3.8, 4) is 5.75 Å². The molecule has 2 N–H and O–H groups in total. The van der Waals surface area contributed by atoms with Gasteiger partial charge in [-0.2, -0.15) is 0 Å². The van der Waals surface area contributed by atoms with Gasteiger partial charge in [0.2, 0.25) is 5.91 Å². The lowest BCUT2D eigenvalue weighted by Crippen LogP contribution is -2.37. The second-order valence-electron chi connectivity index (χ2n) is 4.99. The number of hydrogen-bond donors (Lipinski definition) is 2. The van der Waals surface area contributed by atoms with Gasteiger partial charge in [-0.15, -0.1) is 0 Å². The summed E-state index contributed by atoms with van der Waals surface area (Å²) in [5.74, 6) is -0.443. The first kappa shape index (κ1) is 18.0. The van der Waals surface area contributed by atoms with Crippen molar-refractivity contribution in [3.63, 3.8) is 0 Å². The first-order chi connectivity index (χ1) is 10.5. The molecule has 1 aromatic carbocycles. The van der Waals surface area contributed by atoms with Crippen LogP contribution in [-0.2, 0) is 14.3 Å². The molecule has 1 amide bonds. The Kier molecular flexibility index (Phi) is 7.99. The molecule has 0 fully saturated rings. The molecular weight excluding hydrogens is 286 g/mol. The third kappa shape index (κ3) is 7.08. The van der Waals surface area contributed by atoms with Crippen LogP contribution in [0.5, 0.6) is 5.75 Å². The van der Waals surface area contributed by atoms with E-state index in [1.54, 1.807) is 0 Å². The molecule has 122 valence electrons. The Labute approximate surface area is 130 Å². The average Bonchev–Trinajstić information content (AvgIpc) is 2.47. The molecule has 0 radical (unpaired) electrons. The van der Waals surface area contributed by atoms with Crippen molar-refractivity contribution in [1.29, 1.82) is 0 Å². The van der Waals surface area contributed by atoms with Crippen LogP contribution in [0, 0.1) is 6.92 Å². The van der Waals surface area contributed by atoms with E-state index < -0.39 is 12.1 Å². The van der Waals surface area contributed by atoms with Crippen LogP contribution in [0.2, 0.25) is 0 Å². The van der Waals surface area contributed by atoms with Crippen molar-refractivity contribution in [2.45, 2.75) is 32.3 Å². The van der Waals surface area contributed by atoms with E-state index in [1.165, 1.54) is 7.11 Å². The summed E-state index contributed by atoms with van der Waals surface area (Å²) in [5, 5.41) is 11.3. The van der Waals surface area contributed by atoms with Crippen molar-refractivity contribution >= 4 is 11.9 Å². The second-order valence-corrected chi connectivity index (χ2v) is 4.99. The molecule has 22 heavy (non-hydrogen) atoms. The smallest absolute Gasteiger partial charge is 0.334 e. The largest absolute Gasteiger partial charge is 0.494 e. The Bertz CT molecular complexity index is 489. The van der Waals surface area contributed by atoms with Crippen LogP contribution in [-0.4, -0.2) is 43.3 Å². The lowest BCUT2D eigenvalue weighted by molar-refractivity contribution is -0.148. The molecule has 0 aliphatic carbocycles. The molecule has 1 unspecified atom stereocenters. The zero-order chi connectivity index (χ0) is 16.4. The van der Waals surface area contributed by atoms with Gasteiger partial charge in [-0.25, -0.2) is 4.79 Å². The highest BCUT2D eigenvalue weighted by Crippen LogP contribution is 2.12. The molecule has 0 heterocycles.